The summed E-state index contributed by atoms with van der Waals surface area (Å²) >= 11 is 0. The lowest BCUT2D eigenvalue weighted by atomic mass is 9.74. The van der Waals surface area contributed by atoms with E-state index in [1.807, 2.05) is 0 Å². The Labute approximate surface area is 142 Å². The average Bonchev–Trinajstić information content (AvgIpc) is 2.61. The maximum Gasteiger partial charge on any atom is 0.317 e. The van der Waals surface area contributed by atoms with Crippen molar-refractivity contribution in [3.63, 3.8) is 0 Å². The molecular weight excluding hydrogens is 311 g/mol. The van der Waals surface area contributed by atoms with Crippen LogP contribution < -0.4 is 5.32 Å². The number of benzene rings is 1. The monoisotopic (exact) mass is 336 g/mol. The summed E-state index contributed by atoms with van der Waals surface area (Å²) in [6, 6.07) is 6.22. The molecule has 0 aromatic heterocycles. The normalized spacial score (nSPS) is 16.4. The summed E-state index contributed by atoms with van der Waals surface area (Å²) < 4.78 is 18.7. The number of aliphatic hydroxyl groups excluding tert-OH is 1. The second-order valence-electron chi connectivity index (χ2n) is 6.02. The molecule has 1 aromatic rings. The second kappa shape index (κ2) is 8.80. The van der Waals surface area contributed by atoms with Crippen molar-refractivity contribution in [1.82, 2.24) is 10.2 Å². The number of carbonyl (C=O) groups excluding carboxylic acids is 1. The average molecular weight is 336 g/mol. The summed E-state index contributed by atoms with van der Waals surface area (Å²) in [5.41, 5.74) is 0.741. The Hall–Kier alpha value is -1.92. The van der Waals surface area contributed by atoms with E-state index in [0.29, 0.717) is 26.3 Å². The molecule has 0 saturated carbocycles. The smallest absolute Gasteiger partial charge is 0.317 e. The van der Waals surface area contributed by atoms with Gasteiger partial charge < -0.3 is 20.1 Å². The molecule has 2 rings (SSSR count). The highest BCUT2D eigenvalue weighted by Crippen LogP contribution is 2.34. The van der Waals surface area contributed by atoms with Gasteiger partial charge in [0, 0.05) is 38.3 Å². The number of carbonyl (C=O) groups is 1. The molecule has 2 N–H and O–H groups in total. The number of aliphatic hydroxyl groups is 1. The van der Waals surface area contributed by atoms with Crippen LogP contribution in [0.2, 0.25) is 0 Å². The van der Waals surface area contributed by atoms with Crippen molar-refractivity contribution in [1.29, 1.82) is 0 Å². The minimum Gasteiger partial charge on any atom is -0.395 e. The third-order valence-corrected chi connectivity index (χ3v) is 4.49. The zero-order chi connectivity index (χ0) is 17.4. The van der Waals surface area contributed by atoms with Crippen LogP contribution in [0.5, 0.6) is 0 Å². The molecule has 0 spiro atoms. The second-order valence-corrected chi connectivity index (χ2v) is 6.02. The number of amides is 2. The van der Waals surface area contributed by atoms with Crippen LogP contribution in [0.3, 0.4) is 0 Å². The standard InChI is InChI=1S/C18H25FN2O3/c1-2-9-21(10-11-22)17(23)20-14-18(7-12-24-13-8-18)15-3-5-16(19)6-4-15/h2-6,22H,1,7-14H2,(H,20,23). The van der Waals surface area contributed by atoms with Crippen LogP contribution in [0.25, 0.3) is 0 Å². The van der Waals surface area contributed by atoms with Gasteiger partial charge in [-0.3, -0.25) is 0 Å². The molecule has 1 aliphatic heterocycles. The van der Waals surface area contributed by atoms with Crippen molar-refractivity contribution in [3.05, 3.63) is 48.3 Å². The molecule has 1 heterocycles. The highest BCUT2D eigenvalue weighted by atomic mass is 19.1. The van der Waals surface area contributed by atoms with Crippen molar-refractivity contribution >= 4 is 6.03 Å². The first kappa shape index (κ1) is 18.4. The number of hydrogen-bond donors (Lipinski definition) is 2. The summed E-state index contributed by atoms with van der Waals surface area (Å²) in [6.07, 6.45) is 3.15. The highest BCUT2D eigenvalue weighted by Gasteiger charge is 2.35. The molecule has 1 fully saturated rings. The molecule has 0 unspecified atom stereocenters. The van der Waals surface area contributed by atoms with Gasteiger partial charge in [-0.25, -0.2) is 9.18 Å². The van der Waals surface area contributed by atoms with E-state index in [1.54, 1.807) is 18.2 Å². The Morgan fingerprint density at radius 1 is 1.38 bits per heavy atom. The predicted octanol–water partition coefficient (Wildman–Crippen LogP) is 2.06. The molecular formula is C18H25FN2O3. The third kappa shape index (κ3) is 4.55. The molecule has 1 aromatic carbocycles. The third-order valence-electron chi connectivity index (χ3n) is 4.49. The number of urea groups is 1. The molecule has 2 amide bonds. The van der Waals surface area contributed by atoms with Gasteiger partial charge in [0.1, 0.15) is 5.82 Å². The fraction of sp³-hybridized carbons (Fsp3) is 0.500. The van der Waals surface area contributed by atoms with Gasteiger partial charge in [0.15, 0.2) is 0 Å². The topological polar surface area (TPSA) is 61.8 Å². The minimum atomic E-state index is -0.273. The Bertz CT molecular complexity index is 542. The Kier molecular flexibility index (Phi) is 6.75. The van der Waals surface area contributed by atoms with E-state index in [2.05, 4.69) is 11.9 Å². The number of hydrogen-bond acceptors (Lipinski definition) is 3. The van der Waals surface area contributed by atoms with E-state index in [0.717, 1.165) is 18.4 Å². The Balaban J connectivity index is 2.10. The molecule has 1 aliphatic rings. The van der Waals surface area contributed by atoms with E-state index in [9.17, 15) is 9.18 Å². The molecule has 132 valence electrons. The molecule has 0 atom stereocenters. The predicted molar refractivity (Wildman–Crippen MR) is 90.4 cm³/mol. The lowest BCUT2D eigenvalue weighted by Gasteiger charge is -2.38. The Morgan fingerprint density at radius 2 is 2.04 bits per heavy atom. The first-order valence-corrected chi connectivity index (χ1v) is 8.19. The number of halogens is 1. The van der Waals surface area contributed by atoms with Crippen LogP contribution in [-0.4, -0.2) is 55.5 Å². The van der Waals surface area contributed by atoms with Gasteiger partial charge in [-0.1, -0.05) is 18.2 Å². The lowest BCUT2D eigenvalue weighted by Crippen LogP contribution is -2.49. The van der Waals surface area contributed by atoms with Crippen LogP contribution in [0.1, 0.15) is 18.4 Å². The molecule has 0 bridgehead atoms. The van der Waals surface area contributed by atoms with Crippen molar-refractivity contribution in [2.24, 2.45) is 0 Å². The number of rotatable bonds is 7. The van der Waals surface area contributed by atoms with E-state index in [-0.39, 0.29) is 30.4 Å². The van der Waals surface area contributed by atoms with Gasteiger partial charge in [0.2, 0.25) is 0 Å². The summed E-state index contributed by atoms with van der Waals surface area (Å²) in [7, 11) is 0. The van der Waals surface area contributed by atoms with E-state index < -0.39 is 0 Å². The molecule has 0 aliphatic carbocycles. The van der Waals surface area contributed by atoms with Crippen LogP contribution >= 0.6 is 0 Å². The Morgan fingerprint density at radius 3 is 2.62 bits per heavy atom. The maximum absolute atomic E-state index is 13.2. The van der Waals surface area contributed by atoms with Crippen molar-refractivity contribution in [3.8, 4) is 0 Å². The van der Waals surface area contributed by atoms with Crippen LogP contribution in [0.4, 0.5) is 9.18 Å². The zero-order valence-electron chi connectivity index (χ0n) is 13.8. The maximum atomic E-state index is 13.2. The SMILES string of the molecule is C=CCN(CCO)C(=O)NCC1(c2ccc(F)cc2)CCOCC1. The largest absolute Gasteiger partial charge is 0.395 e. The van der Waals surface area contributed by atoms with Gasteiger partial charge >= 0.3 is 6.03 Å². The van der Waals surface area contributed by atoms with E-state index >= 15 is 0 Å². The van der Waals surface area contributed by atoms with Gasteiger partial charge in [-0.05, 0) is 30.5 Å². The minimum absolute atomic E-state index is 0.0990. The van der Waals surface area contributed by atoms with Gasteiger partial charge in [0.25, 0.3) is 0 Å². The first-order chi connectivity index (χ1) is 11.6. The molecule has 6 heteroatoms. The van der Waals surface area contributed by atoms with Crippen LogP contribution in [0, 0.1) is 5.82 Å². The van der Waals surface area contributed by atoms with Gasteiger partial charge in [-0.15, -0.1) is 6.58 Å². The molecule has 5 nitrogen and oxygen atoms in total. The number of nitrogens with one attached hydrogen (secondary N) is 1. The summed E-state index contributed by atoms with van der Waals surface area (Å²) in [5.74, 6) is -0.273. The summed E-state index contributed by atoms with van der Waals surface area (Å²) in [5, 5.41) is 12.0. The fourth-order valence-corrected chi connectivity index (χ4v) is 3.04. The number of ether oxygens (including phenoxy) is 1. The van der Waals surface area contributed by atoms with Gasteiger partial charge in [-0.2, -0.15) is 0 Å². The number of nitrogens with zero attached hydrogens (tertiary/aromatic N) is 1. The lowest BCUT2D eigenvalue weighted by molar-refractivity contribution is 0.0501. The van der Waals surface area contributed by atoms with Crippen LogP contribution in [-0.2, 0) is 10.2 Å². The highest BCUT2D eigenvalue weighted by molar-refractivity contribution is 5.74. The first-order valence-electron chi connectivity index (χ1n) is 8.19. The van der Waals surface area contributed by atoms with Crippen molar-refractivity contribution < 1.29 is 19.0 Å². The summed E-state index contributed by atoms with van der Waals surface area (Å²) in [4.78, 5) is 13.9. The fourth-order valence-electron chi connectivity index (χ4n) is 3.04. The quantitative estimate of drug-likeness (QED) is 0.749. The molecule has 0 radical (unpaired) electrons. The van der Waals surface area contributed by atoms with Crippen molar-refractivity contribution in [2.75, 3.05) is 39.5 Å². The van der Waals surface area contributed by atoms with E-state index in [4.69, 9.17) is 9.84 Å². The van der Waals surface area contributed by atoms with Crippen LogP contribution in [0.15, 0.2) is 36.9 Å². The summed E-state index contributed by atoms with van der Waals surface area (Å²) in [6.45, 7) is 5.83. The van der Waals surface area contributed by atoms with Gasteiger partial charge in [0.05, 0.1) is 6.61 Å². The zero-order valence-corrected chi connectivity index (χ0v) is 13.8. The molecule has 24 heavy (non-hydrogen) atoms. The van der Waals surface area contributed by atoms with E-state index in [1.165, 1.54) is 17.0 Å². The van der Waals surface area contributed by atoms with Crippen molar-refractivity contribution in [2.45, 2.75) is 18.3 Å². The molecule has 1 saturated heterocycles.